The van der Waals surface area contributed by atoms with Gasteiger partial charge in [-0.3, -0.25) is 13.9 Å². The summed E-state index contributed by atoms with van der Waals surface area (Å²) in [7, 11) is 3.08. The minimum Gasteiger partial charge on any atom is -0.379 e. The van der Waals surface area contributed by atoms with Crippen molar-refractivity contribution in [2.24, 2.45) is 14.1 Å². The van der Waals surface area contributed by atoms with Crippen molar-refractivity contribution in [2.75, 3.05) is 44.2 Å². The highest BCUT2D eigenvalue weighted by atomic mass is 32.1. The molecule has 0 bridgehead atoms. The maximum atomic E-state index is 12.3. The second kappa shape index (κ2) is 8.95. The summed E-state index contributed by atoms with van der Waals surface area (Å²) in [4.78, 5) is 36.2. The number of nitrogens with zero attached hydrogens (tertiary/aromatic N) is 5. The van der Waals surface area contributed by atoms with Gasteiger partial charge in [0.15, 0.2) is 16.3 Å². The summed E-state index contributed by atoms with van der Waals surface area (Å²) in [6, 6.07) is 0. The lowest BCUT2D eigenvalue weighted by molar-refractivity contribution is 0.0776. The van der Waals surface area contributed by atoms with E-state index in [-0.39, 0.29) is 17.4 Å². The summed E-state index contributed by atoms with van der Waals surface area (Å²) < 4.78 is 8.00. The number of hydrogen-bond donors (Lipinski definition) is 2. The van der Waals surface area contributed by atoms with Crippen LogP contribution in [0.25, 0.3) is 11.2 Å². The lowest BCUT2D eigenvalue weighted by Crippen LogP contribution is -2.52. The van der Waals surface area contributed by atoms with Crippen molar-refractivity contribution in [2.45, 2.75) is 26.4 Å². The van der Waals surface area contributed by atoms with Gasteiger partial charge in [-0.1, -0.05) is 0 Å². The SMILES string of the molecule is CC(C)OCCCNC(=S)N1CCN(c2nc3c([nH]2)c(=O)n(C)c(=O)n3C)CC1. The van der Waals surface area contributed by atoms with Crippen LogP contribution in [-0.4, -0.2) is 74.5 Å². The van der Waals surface area contributed by atoms with Crippen LogP contribution in [0, 0.1) is 0 Å². The van der Waals surface area contributed by atoms with E-state index in [1.165, 1.54) is 11.6 Å². The van der Waals surface area contributed by atoms with E-state index < -0.39 is 0 Å². The molecule has 1 aliphatic rings. The Hall–Kier alpha value is -2.40. The summed E-state index contributed by atoms with van der Waals surface area (Å²) in [5.41, 5.74) is -0.0444. The van der Waals surface area contributed by atoms with E-state index in [0.29, 0.717) is 30.2 Å². The summed E-state index contributed by atoms with van der Waals surface area (Å²) in [6.07, 6.45) is 1.15. The Morgan fingerprint density at radius 3 is 2.55 bits per heavy atom. The Kier molecular flexibility index (Phi) is 6.58. The lowest BCUT2D eigenvalue weighted by Gasteiger charge is -2.36. The summed E-state index contributed by atoms with van der Waals surface area (Å²) in [5, 5.41) is 4.03. The lowest BCUT2D eigenvalue weighted by atomic mass is 10.3. The van der Waals surface area contributed by atoms with Crippen molar-refractivity contribution in [3.8, 4) is 0 Å². The first kappa shape index (κ1) is 21.3. The van der Waals surface area contributed by atoms with Crippen LogP contribution in [0.5, 0.6) is 0 Å². The van der Waals surface area contributed by atoms with E-state index in [4.69, 9.17) is 17.0 Å². The zero-order chi connectivity index (χ0) is 21.1. The van der Waals surface area contributed by atoms with Gasteiger partial charge in [0.25, 0.3) is 5.56 Å². The van der Waals surface area contributed by atoms with Crippen LogP contribution in [-0.2, 0) is 18.8 Å². The number of anilines is 1. The molecule has 3 rings (SSSR count). The molecule has 2 aromatic heterocycles. The molecule has 0 spiro atoms. The Labute approximate surface area is 174 Å². The second-order valence-corrected chi connectivity index (χ2v) is 7.83. The molecule has 29 heavy (non-hydrogen) atoms. The molecule has 1 aliphatic heterocycles. The molecular formula is C18H29N7O3S. The van der Waals surface area contributed by atoms with Crippen LogP contribution in [0.1, 0.15) is 20.3 Å². The number of aromatic nitrogens is 4. The number of piperazine rings is 1. The van der Waals surface area contributed by atoms with Crippen molar-refractivity contribution < 1.29 is 4.74 Å². The Bertz CT molecular complexity index is 986. The highest BCUT2D eigenvalue weighted by Crippen LogP contribution is 2.15. The van der Waals surface area contributed by atoms with E-state index in [0.717, 1.165) is 42.3 Å². The molecule has 0 saturated carbocycles. The van der Waals surface area contributed by atoms with Gasteiger partial charge < -0.3 is 24.8 Å². The number of rotatable bonds is 6. The molecule has 3 heterocycles. The zero-order valence-electron chi connectivity index (χ0n) is 17.4. The maximum Gasteiger partial charge on any atom is 0.332 e. The number of imidazole rings is 1. The molecule has 0 unspecified atom stereocenters. The van der Waals surface area contributed by atoms with Gasteiger partial charge in [0.1, 0.15) is 0 Å². The smallest absolute Gasteiger partial charge is 0.332 e. The highest BCUT2D eigenvalue weighted by Gasteiger charge is 2.22. The number of aromatic amines is 1. The summed E-state index contributed by atoms with van der Waals surface area (Å²) in [6.45, 7) is 8.49. The van der Waals surface area contributed by atoms with Gasteiger partial charge in [-0.05, 0) is 32.5 Å². The first-order valence-corrected chi connectivity index (χ1v) is 10.3. The van der Waals surface area contributed by atoms with E-state index in [1.54, 1.807) is 7.05 Å². The monoisotopic (exact) mass is 423 g/mol. The third kappa shape index (κ3) is 4.61. The number of thiocarbonyl (C=S) groups is 1. The first-order chi connectivity index (χ1) is 13.8. The molecular weight excluding hydrogens is 394 g/mol. The van der Waals surface area contributed by atoms with Gasteiger partial charge in [-0.25, -0.2) is 4.79 Å². The van der Waals surface area contributed by atoms with Crippen LogP contribution in [0.3, 0.4) is 0 Å². The minimum absolute atomic E-state index is 0.246. The topological polar surface area (TPSA) is 100 Å². The molecule has 10 nitrogen and oxygen atoms in total. The Morgan fingerprint density at radius 1 is 1.21 bits per heavy atom. The van der Waals surface area contributed by atoms with Crippen molar-refractivity contribution >= 4 is 34.4 Å². The fraction of sp³-hybridized carbons (Fsp3) is 0.667. The van der Waals surface area contributed by atoms with E-state index in [2.05, 4.69) is 25.1 Å². The molecule has 0 aromatic carbocycles. The molecule has 0 radical (unpaired) electrons. The fourth-order valence-electron chi connectivity index (χ4n) is 3.28. The zero-order valence-corrected chi connectivity index (χ0v) is 18.2. The van der Waals surface area contributed by atoms with Gasteiger partial charge >= 0.3 is 5.69 Å². The molecule has 1 saturated heterocycles. The molecule has 1 fully saturated rings. The predicted molar refractivity (Wildman–Crippen MR) is 117 cm³/mol. The number of H-pyrrole nitrogens is 1. The molecule has 0 atom stereocenters. The van der Waals surface area contributed by atoms with Crippen LogP contribution in [0.15, 0.2) is 9.59 Å². The number of hydrogen-bond acceptors (Lipinski definition) is 6. The van der Waals surface area contributed by atoms with Crippen molar-refractivity contribution in [3.63, 3.8) is 0 Å². The van der Waals surface area contributed by atoms with Gasteiger partial charge in [0.05, 0.1) is 6.10 Å². The largest absolute Gasteiger partial charge is 0.379 e. The van der Waals surface area contributed by atoms with Crippen LogP contribution in [0.2, 0.25) is 0 Å². The summed E-state index contributed by atoms with van der Waals surface area (Å²) in [5.74, 6) is 0.600. The quantitative estimate of drug-likeness (QED) is 0.486. The number of fused-ring (bicyclic) bond motifs is 1. The third-order valence-electron chi connectivity index (χ3n) is 5.00. The second-order valence-electron chi connectivity index (χ2n) is 7.44. The Morgan fingerprint density at radius 2 is 1.90 bits per heavy atom. The standard InChI is InChI=1S/C18H29N7O3S/c1-12(2)28-11-5-6-19-17(29)25-9-7-24(8-10-25)16-20-13-14(21-16)22(3)18(27)23(4)15(13)26/h12H,5-11H2,1-4H3,(H,19,29)(H,20,21). The van der Waals surface area contributed by atoms with E-state index in [9.17, 15) is 9.59 Å². The third-order valence-corrected chi connectivity index (χ3v) is 5.40. The number of ether oxygens (including phenoxy) is 1. The molecule has 160 valence electrons. The van der Waals surface area contributed by atoms with Crippen LogP contribution >= 0.6 is 12.2 Å². The van der Waals surface area contributed by atoms with Crippen molar-refractivity contribution in [1.82, 2.24) is 29.3 Å². The number of nitrogens with one attached hydrogen (secondary N) is 2. The van der Waals surface area contributed by atoms with Gasteiger partial charge in [-0.15, -0.1) is 0 Å². The maximum absolute atomic E-state index is 12.3. The van der Waals surface area contributed by atoms with E-state index in [1.807, 2.05) is 13.8 Å². The first-order valence-electron chi connectivity index (χ1n) is 9.84. The highest BCUT2D eigenvalue weighted by molar-refractivity contribution is 7.80. The molecule has 11 heteroatoms. The van der Waals surface area contributed by atoms with Crippen molar-refractivity contribution in [1.29, 1.82) is 0 Å². The minimum atomic E-state index is -0.388. The Balaban J connectivity index is 1.58. The predicted octanol–water partition coefficient (Wildman–Crippen LogP) is -0.228. The van der Waals surface area contributed by atoms with Gasteiger partial charge in [-0.2, -0.15) is 4.98 Å². The molecule has 0 aliphatic carbocycles. The molecule has 2 N–H and O–H groups in total. The van der Waals surface area contributed by atoms with Crippen LogP contribution < -0.4 is 21.5 Å². The fourth-order valence-corrected chi connectivity index (χ4v) is 3.57. The van der Waals surface area contributed by atoms with Gasteiger partial charge in [0, 0.05) is 53.4 Å². The summed E-state index contributed by atoms with van der Waals surface area (Å²) >= 11 is 5.50. The molecule has 0 amide bonds. The van der Waals surface area contributed by atoms with Gasteiger partial charge in [0.2, 0.25) is 5.95 Å². The number of aryl methyl sites for hydroxylation is 1. The average molecular weight is 424 g/mol. The van der Waals surface area contributed by atoms with Crippen LogP contribution in [0.4, 0.5) is 5.95 Å². The average Bonchev–Trinajstić information content (AvgIpc) is 3.16. The normalized spacial score (nSPS) is 14.8. The van der Waals surface area contributed by atoms with Crippen molar-refractivity contribution in [3.05, 3.63) is 20.8 Å². The van der Waals surface area contributed by atoms with E-state index >= 15 is 0 Å². The molecule has 2 aromatic rings.